The molecule has 0 aromatic heterocycles. The second kappa shape index (κ2) is 9.36. The summed E-state index contributed by atoms with van der Waals surface area (Å²) >= 11 is 0. The fourth-order valence-corrected chi connectivity index (χ4v) is 4.16. The van der Waals surface area contributed by atoms with Gasteiger partial charge in [-0.1, -0.05) is 13.8 Å². The summed E-state index contributed by atoms with van der Waals surface area (Å²) in [5.74, 6) is -0.249. The molecule has 1 aliphatic rings. The van der Waals surface area contributed by atoms with Gasteiger partial charge in [0.2, 0.25) is 16.8 Å². The van der Waals surface area contributed by atoms with E-state index in [4.69, 9.17) is 18.9 Å². The Labute approximate surface area is 180 Å². The minimum atomic E-state index is -3.99. The predicted molar refractivity (Wildman–Crippen MR) is 110 cm³/mol. The van der Waals surface area contributed by atoms with Crippen molar-refractivity contribution in [2.24, 2.45) is 5.92 Å². The standard InChI is InChI=1S/C21H23NO8S/c1-13(2)20(22-31(25,26)16-7-5-15(27-3)6-8-16)21(24)28-11-17(23)14-4-9-18-19(10-14)30-12-29-18/h4-10,13,20,22H,11-12H2,1-3H3/t20-/m0/s1. The van der Waals surface area contributed by atoms with E-state index in [1.54, 1.807) is 19.9 Å². The highest BCUT2D eigenvalue weighted by Crippen LogP contribution is 2.32. The van der Waals surface area contributed by atoms with Crippen molar-refractivity contribution in [3.05, 3.63) is 48.0 Å². The van der Waals surface area contributed by atoms with Gasteiger partial charge in [-0.3, -0.25) is 9.59 Å². The Morgan fingerprint density at radius 3 is 2.39 bits per heavy atom. The van der Waals surface area contributed by atoms with E-state index in [1.165, 1.54) is 43.5 Å². The van der Waals surface area contributed by atoms with Crippen LogP contribution < -0.4 is 18.9 Å². The minimum Gasteiger partial charge on any atom is -0.497 e. The van der Waals surface area contributed by atoms with E-state index in [0.717, 1.165) is 0 Å². The highest BCUT2D eigenvalue weighted by molar-refractivity contribution is 7.89. The fourth-order valence-electron chi connectivity index (χ4n) is 2.83. The van der Waals surface area contributed by atoms with Gasteiger partial charge in [0.05, 0.1) is 12.0 Å². The Hall–Kier alpha value is -3.11. The first-order valence-electron chi connectivity index (χ1n) is 9.47. The molecule has 1 heterocycles. The van der Waals surface area contributed by atoms with Crippen molar-refractivity contribution in [1.29, 1.82) is 0 Å². The van der Waals surface area contributed by atoms with Gasteiger partial charge in [-0.2, -0.15) is 4.72 Å². The summed E-state index contributed by atoms with van der Waals surface area (Å²) in [6, 6.07) is 9.21. The Bertz CT molecular complexity index is 1060. The Balaban J connectivity index is 1.65. The molecule has 2 aromatic rings. The molecule has 0 amide bonds. The van der Waals surface area contributed by atoms with Crippen LogP contribution in [0.25, 0.3) is 0 Å². The number of ketones is 1. The van der Waals surface area contributed by atoms with Crippen molar-refractivity contribution >= 4 is 21.8 Å². The first kappa shape index (κ1) is 22.6. The number of benzene rings is 2. The number of ether oxygens (including phenoxy) is 4. The summed E-state index contributed by atoms with van der Waals surface area (Å²) in [7, 11) is -2.52. The number of hydrogen-bond acceptors (Lipinski definition) is 8. The molecule has 3 rings (SSSR count). The number of hydrogen-bond donors (Lipinski definition) is 1. The molecule has 0 spiro atoms. The van der Waals surface area contributed by atoms with Crippen LogP contribution in [0.15, 0.2) is 47.4 Å². The molecule has 0 aliphatic carbocycles. The first-order valence-corrected chi connectivity index (χ1v) is 11.0. The van der Waals surface area contributed by atoms with Crippen molar-refractivity contribution in [3.8, 4) is 17.2 Å². The van der Waals surface area contributed by atoms with Crippen molar-refractivity contribution in [2.45, 2.75) is 24.8 Å². The molecule has 31 heavy (non-hydrogen) atoms. The summed E-state index contributed by atoms with van der Waals surface area (Å²) in [6.45, 7) is 2.88. The van der Waals surface area contributed by atoms with Gasteiger partial charge in [0.25, 0.3) is 0 Å². The maximum absolute atomic E-state index is 12.7. The van der Waals surface area contributed by atoms with Crippen molar-refractivity contribution in [1.82, 2.24) is 4.72 Å². The largest absolute Gasteiger partial charge is 0.497 e. The SMILES string of the molecule is COc1ccc(S(=O)(=O)N[C@H](C(=O)OCC(=O)c2ccc3c(c2)OCO3)C(C)C)cc1. The zero-order valence-electron chi connectivity index (χ0n) is 17.3. The van der Waals surface area contributed by atoms with Crippen LogP contribution in [-0.2, 0) is 19.6 Å². The summed E-state index contributed by atoms with van der Waals surface area (Å²) in [6.07, 6.45) is 0. The maximum atomic E-state index is 12.7. The lowest BCUT2D eigenvalue weighted by Gasteiger charge is -2.20. The molecule has 0 unspecified atom stereocenters. The quantitative estimate of drug-likeness (QED) is 0.457. The molecule has 2 aromatic carbocycles. The first-order chi connectivity index (χ1) is 14.7. The number of sulfonamides is 1. The lowest BCUT2D eigenvalue weighted by molar-refractivity contribution is -0.145. The average Bonchev–Trinajstić information content (AvgIpc) is 3.23. The molecule has 10 heteroatoms. The number of nitrogens with one attached hydrogen (secondary N) is 1. The molecular weight excluding hydrogens is 426 g/mol. The third-order valence-corrected chi connectivity index (χ3v) is 6.07. The van der Waals surface area contributed by atoms with E-state index in [1.807, 2.05) is 0 Å². The molecule has 1 aliphatic heterocycles. The van der Waals surface area contributed by atoms with E-state index in [9.17, 15) is 18.0 Å². The zero-order valence-corrected chi connectivity index (χ0v) is 18.1. The number of Topliss-reactive ketones (excluding diaryl/α,β-unsaturated/α-hetero) is 1. The van der Waals surface area contributed by atoms with E-state index in [0.29, 0.717) is 17.2 Å². The van der Waals surface area contributed by atoms with Crippen LogP contribution in [0.3, 0.4) is 0 Å². The Kier molecular flexibility index (Phi) is 6.81. The van der Waals surface area contributed by atoms with Gasteiger partial charge >= 0.3 is 5.97 Å². The lowest BCUT2D eigenvalue weighted by Crippen LogP contribution is -2.45. The van der Waals surface area contributed by atoms with Gasteiger partial charge in [0.15, 0.2) is 23.9 Å². The van der Waals surface area contributed by atoms with Crippen LogP contribution >= 0.6 is 0 Å². The number of fused-ring (bicyclic) bond motifs is 1. The predicted octanol–water partition coefficient (Wildman–Crippen LogP) is 2.15. The molecule has 1 N–H and O–H groups in total. The number of esters is 1. The van der Waals surface area contributed by atoms with Crippen LogP contribution in [0.1, 0.15) is 24.2 Å². The van der Waals surface area contributed by atoms with Gasteiger partial charge in [0.1, 0.15) is 11.8 Å². The maximum Gasteiger partial charge on any atom is 0.324 e. The van der Waals surface area contributed by atoms with Gasteiger partial charge in [-0.25, -0.2) is 8.42 Å². The van der Waals surface area contributed by atoms with Gasteiger partial charge in [-0.15, -0.1) is 0 Å². The highest BCUT2D eigenvalue weighted by atomic mass is 32.2. The lowest BCUT2D eigenvalue weighted by atomic mass is 10.1. The number of methoxy groups -OCH3 is 1. The monoisotopic (exact) mass is 449 g/mol. The van der Waals surface area contributed by atoms with Crippen LogP contribution in [0.2, 0.25) is 0 Å². The third kappa shape index (κ3) is 5.33. The Morgan fingerprint density at radius 1 is 1.06 bits per heavy atom. The number of carbonyl (C=O) groups excluding carboxylic acids is 2. The molecule has 0 bridgehead atoms. The third-order valence-electron chi connectivity index (χ3n) is 4.61. The second-order valence-corrected chi connectivity index (χ2v) is 8.83. The summed E-state index contributed by atoms with van der Waals surface area (Å²) in [4.78, 5) is 24.9. The number of carbonyl (C=O) groups is 2. The number of rotatable bonds is 9. The van der Waals surface area contributed by atoms with Crippen LogP contribution in [0.4, 0.5) is 0 Å². The zero-order chi connectivity index (χ0) is 22.6. The van der Waals surface area contributed by atoms with Crippen LogP contribution in [-0.4, -0.2) is 46.7 Å². The molecule has 0 saturated carbocycles. The van der Waals surface area contributed by atoms with Crippen molar-refractivity contribution < 1.29 is 37.0 Å². The highest BCUT2D eigenvalue weighted by Gasteiger charge is 2.30. The summed E-state index contributed by atoms with van der Waals surface area (Å²) < 4.78 is 48.2. The molecule has 166 valence electrons. The van der Waals surface area contributed by atoms with Crippen LogP contribution in [0.5, 0.6) is 17.2 Å². The topological polar surface area (TPSA) is 117 Å². The van der Waals surface area contributed by atoms with E-state index < -0.39 is 40.3 Å². The average molecular weight is 449 g/mol. The molecule has 1 atom stereocenters. The van der Waals surface area contributed by atoms with Crippen LogP contribution in [0, 0.1) is 5.92 Å². The van der Waals surface area contributed by atoms with Gasteiger partial charge < -0.3 is 18.9 Å². The minimum absolute atomic E-state index is 0.0248. The fraction of sp³-hybridized carbons (Fsp3) is 0.333. The molecule has 0 saturated heterocycles. The second-order valence-electron chi connectivity index (χ2n) is 7.12. The van der Waals surface area contributed by atoms with Crippen molar-refractivity contribution in [2.75, 3.05) is 20.5 Å². The van der Waals surface area contributed by atoms with Crippen molar-refractivity contribution in [3.63, 3.8) is 0 Å². The normalized spacial score (nSPS) is 13.7. The molecular formula is C21H23NO8S. The Morgan fingerprint density at radius 2 is 1.74 bits per heavy atom. The van der Waals surface area contributed by atoms with Gasteiger partial charge in [0, 0.05) is 5.56 Å². The van der Waals surface area contributed by atoms with E-state index in [-0.39, 0.29) is 17.3 Å². The molecule has 0 radical (unpaired) electrons. The summed E-state index contributed by atoms with van der Waals surface area (Å²) in [5, 5.41) is 0. The molecule has 9 nitrogen and oxygen atoms in total. The summed E-state index contributed by atoms with van der Waals surface area (Å²) in [5.41, 5.74) is 0.289. The van der Waals surface area contributed by atoms with Gasteiger partial charge in [-0.05, 0) is 48.4 Å². The molecule has 0 fully saturated rings. The smallest absolute Gasteiger partial charge is 0.324 e. The van der Waals surface area contributed by atoms with E-state index >= 15 is 0 Å². The van der Waals surface area contributed by atoms with E-state index in [2.05, 4.69) is 4.72 Å².